The third-order valence-corrected chi connectivity index (χ3v) is 8.78. The average Bonchev–Trinajstić information content (AvgIpc) is 3.29. The van der Waals surface area contributed by atoms with Crippen LogP contribution in [0.25, 0.3) is 0 Å². The van der Waals surface area contributed by atoms with Crippen LogP contribution < -0.4 is 10.6 Å². The predicted molar refractivity (Wildman–Crippen MR) is 122 cm³/mol. The van der Waals surface area contributed by atoms with Crippen molar-refractivity contribution in [3.8, 4) is 0 Å². The molecule has 0 aromatic carbocycles. The van der Waals surface area contributed by atoms with Gasteiger partial charge >= 0.3 is 0 Å². The van der Waals surface area contributed by atoms with Crippen molar-refractivity contribution in [2.45, 2.75) is 90.3 Å². The average molecular weight is 443 g/mol. The molecule has 0 radical (unpaired) electrons. The monoisotopic (exact) mass is 442 g/mol. The van der Waals surface area contributed by atoms with Crippen LogP contribution in [0.2, 0.25) is 0 Å². The second kappa shape index (κ2) is 9.46. The van der Waals surface area contributed by atoms with E-state index < -0.39 is 6.10 Å². The Kier molecular flexibility index (Phi) is 6.84. The molecule has 0 unspecified atom stereocenters. The Morgan fingerprint density at radius 2 is 1.75 bits per heavy atom. The third-order valence-electron chi connectivity index (χ3n) is 8.78. The van der Waals surface area contributed by atoms with Crippen molar-refractivity contribution in [3.63, 3.8) is 0 Å². The predicted octanol–water partition coefficient (Wildman–Crippen LogP) is 3.09. The standard InChI is InChI=1S/C25H38N4O3/c1-15(23(31)28-18-6-4-5-7-18)19-8-10-25(3)11-9-20(16(2)21(25)22(19)30)29-24(32)17-12-26-14-27-13-17/h12-16,18-22,30H,4-11H2,1-3H3,(H,28,31)(H,29,32)/t15-,16+,19+,20-,21+,22-,25-/m0/s1. The Hall–Kier alpha value is -2.02. The summed E-state index contributed by atoms with van der Waals surface area (Å²) < 4.78 is 0. The molecule has 3 saturated carbocycles. The number of hydrogen-bond acceptors (Lipinski definition) is 5. The summed E-state index contributed by atoms with van der Waals surface area (Å²) in [6.45, 7) is 6.40. The van der Waals surface area contributed by atoms with Gasteiger partial charge in [-0.25, -0.2) is 9.97 Å². The van der Waals surface area contributed by atoms with Crippen LogP contribution in [0.1, 0.15) is 82.5 Å². The number of nitrogens with zero attached hydrogens (tertiary/aromatic N) is 2. The Labute approximate surface area is 191 Å². The van der Waals surface area contributed by atoms with E-state index in [0.717, 1.165) is 38.5 Å². The number of amides is 2. The van der Waals surface area contributed by atoms with Crippen molar-refractivity contribution in [2.75, 3.05) is 0 Å². The number of carbonyl (C=O) groups excluding carboxylic acids is 2. The number of nitrogens with one attached hydrogen (secondary N) is 2. The van der Waals surface area contributed by atoms with Gasteiger partial charge < -0.3 is 15.7 Å². The summed E-state index contributed by atoms with van der Waals surface area (Å²) in [4.78, 5) is 33.5. The van der Waals surface area contributed by atoms with Crippen molar-refractivity contribution in [1.82, 2.24) is 20.6 Å². The van der Waals surface area contributed by atoms with Crippen LogP contribution in [-0.4, -0.2) is 45.1 Å². The van der Waals surface area contributed by atoms with E-state index in [-0.39, 0.29) is 46.9 Å². The minimum Gasteiger partial charge on any atom is -0.392 e. The number of aliphatic hydroxyl groups is 1. The lowest BCUT2D eigenvalue weighted by Crippen LogP contribution is -2.58. The first-order chi connectivity index (χ1) is 15.3. The molecule has 3 aliphatic carbocycles. The fourth-order valence-corrected chi connectivity index (χ4v) is 6.76. The topological polar surface area (TPSA) is 104 Å². The van der Waals surface area contributed by atoms with E-state index in [1.165, 1.54) is 31.6 Å². The maximum Gasteiger partial charge on any atom is 0.254 e. The van der Waals surface area contributed by atoms with Gasteiger partial charge in [-0.3, -0.25) is 9.59 Å². The van der Waals surface area contributed by atoms with Crippen LogP contribution in [0.3, 0.4) is 0 Å². The van der Waals surface area contributed by atoms with Crippen molar-refractivity contribution in [3.05, 3.63) is 24.3 Å². The quantitative estimate of drug-likeness (QED) is 0.650. The van der Waals surface area contributed by atoms with Gasteiger partial charge in [-0.05, 0) is 61.7 Å². The Morgan fingerprint density at radius 1 is 1.09 bits per heavy atom. The lowest BCUT2D eigenvalue weighted by atomic mass is 9.51. The van der Waals surface area contributed by atoms with Gasteiger partial charge in [-0.2, -0.15) is 0 Å². The van der Waals surface area contributed by atoms with Gasteiger partial charge in [0, 0.05) is 30.4 Å². The summed E-state index contributed by atoms with van der Waals surface area (Å²) >= 11 is 0. The summed E-state index contributed by atoms with van der Waals surface area (Å²) in [5, 5.41) is 17.9. The Bertz CT molecular complexity index is 813. The molecule has 3 aliphatic rings. The summed E-state index contributed by atoms with van der Waals surface area (Å²) in [5.74, 6) is -0.175. The SMILES string of the molecule is C[C@H]1[C@@H]2[C@@H](O)[C@@H]([C@H](C)C(=O)NC3CCCC3)CC[C@@]2(C)CC[C@@H]1NC(=O)c1cncnc1. The van der Waals surface area contributed by atoms with Crippen LogP contribution in [0.15, 0.2) is 18.7 Å². The molecule has 32 heavy (non-hydrogen) atoms. The Morgan fingerprint density at radius 3 is 2.44 bits per heavy atom. The van der Waals surface area contributed by atoms with Gasteiger partial charge in [0.2, 0.25) is 5.91 Å². The summed E-state index contributed by atoms with van der Waals surface area (Å²) in [6.07, 6.45) is 12.2. The summed E-state index contributed by atoms with van der Waals surface area (Å²) in [6, 6.07) is 0.280. The maximum atomic E-state index is 12.9. The van der Waals surface area contributed by atoms with E-state index in [4.69, 9.17) is 0 Å². The largest absolute Gasteiger partial charge is 0.392 e. The van der Waals surface area contributed by atoms with Crippen molar-refractivity contribution >= 4 is 11.8 Å². The van der Waals surface area contributed by atoms with Crippen LogP contribution in [0, 0.1) is 29.1 Å². The molecule has 1 aromatic heterocycles. The molecule has 3 fully saturated rings. The molecule has 4 rings (SSSR count). The van der Waals surface area contributed by atoms with E-state index in [1.54, 1.807) is 0 Å². The molecule has 0 saturated heterocycles. The fourth-order valence-electron chi connectivity index (χ4n) is 6.76. The molecule has 0 spiro atoms. The number of aliphatic hydroxyl groups excluding tert-OH is 1. The van der Waals surface area contributed by atoms with Crippen LogP contribution in [-0.2, 0) is 4.79 Å². The summed E-state index contributed by atoms with van der Waals surface area (Å²) in [5.41, 5.74) is 0.487. The third kappa shape index (κ3) is 4.54. The lowest BCUT2D eigenvalue weighted by Gasteiger charge is -2.56. The zero-order valence-electron chi connectivity index (χ0n) is 19.6. The smallest absolute Gasteiger partial charge is 0.254 e. The zero-order valence-corrected chi connectivity index (χ0v) is 19.6. The zero-order chi connectivity index (χ0) is 22.9. The van der Waals surface area contributed by atoms with Crippen molar-refractivity contribution in [2.24, 2.45) is 29.1 Å². The molecule has 2 amide bonds. The molecule has 3 N–H and O–H groups in total. The molecule has 0 aliphatic heterocycles. The highest BCUT2D eigenvalue weighted by molar-refractivity contribution is 5.93. The highest BCUT2D eigenvalue weighted by Crippen LogP contribution is 2.55. The first-order valence-corrected chi connectivity index (χ1v) is 12.3. The van der Waals surface area contributed by atoms with E-state index in [9.17, 15) is 14.7 Å². The molecule has 1 heterocycles. The van der Waals surface area contributed by atoms with Crippen molar-refractivity contribution < 1.29 is 14.7 Å². The Balaban J connectivity index is 1.44. The lowest BCUT2D eigenvalue weighted by molar-refractivity contribution is -0.142. The second-order valence-electron chi connectivity index (χ2n) is 10.8. The van der Waals surface area contributed by atoms with Gasteiger partial charge in [0.15, 0.2) is 0 Å². The molecule has 7 heteroatoms. The molecular formula is C25H38N4O3. The molecule has 7 atom stereocenters. The molecular weight excluding hydrogens is 404 g/mol. The molecule has 0 bridgehead atoms. The molecule has 1 aromatic rings. The highest BCUT2D eigenvalue weighted by Gasteiger charge is 2.54. The number of rotatable bonds is 5. The van der Waals surface area contributed by atoms with Crippen LogP contribution in [0.5, 0.6) is 0 Å². The molecule has 7 nitrogen and oxygen atoms in total. The first-order valence-electron chi connectivity index (χ1n) is 12.3. The van der Waals surface area contributed by atoms with Crippen LogP contribution in [0.4, 0.5) is 0 Å². The maximum absolute atomic E-state index is 12.9. The van der Waals surface area contributed by atoms with Gasteiger partial charge in [-0.1, -0.05) is 33.6 Å². The van der Waals surface area contributed by atoms with E-state index in [2.05, 4.69) is 34.4 Å². The van der Waals surface area contributed by atoms with E-state index in [0.29, 0.717) is 11.6 Å². The normalized spacial score (nSPS) is 36.2. The van der Waals surface area contributed by atoms with Crippen LogP contribution >= 0.6 is 0 Å². The fraction of sp³-hybridized carbons (Fsp3) is 0.760. The summed E-state index contributed by atoms with van der Waals surface area (Å²) in [7, 11) is 0. The van der Waals surface area contributed by atoms with Gasteiger partial charge in [0.25, 0.3) is 5.91 Å². The van der Waals surface area contributed by atoms with Gasteiger partial charge in [0.1, 0.15) is 6.33 Å². The number of carbonyl (C=O) groups is 2. The number of aromatic nitrogens is 2. The van der Waals surface area contributed by atoms with E-state index in [1.807, 2.05) is 6.92 Å². The van der Waals surface area contributed by atoms with Crippen molar-refractivity contribution in [1.29, 1.82) is 0 Å². The van der Waals surface area contributed by atoms with Gasteiger partial charge in [-0.15, -0.1) is 0 Å². The number of hydrogen-bond donors (Lipinski definition) is 3. The minimum atomic E-state index is -0.548. The molecule has 176 valence electrons. The van der Waals surface area contributed by atoms with E-state index >= 15 is 0 Å². The highest BCUT2D eigenvalue weighted by atomic mass is 16.3. The van der Waals surface area contributed by atoms with Gasteiger partial charge in [0.05, 0.1) is 11.7 Å². The minimum absolute atomic E-state index is 0.0168. The number of fused-ring (bicyclic) bond motifs is 1. The first kappa shape index (κ1) is 23.1. The second-order valence-corrected chi connectivity index (χ2v) is 10.8.